The zero-order chi connectivity index (χ0) is 16.1. The highest BCUT2D eigenvalue weighted by atomic mass is 35.5. The number of urea groups is 1. The number of primary amides is 1. The maximum absolute atomic E-state index is 11.9. The molecule has 6 nitrogen and oxygen atoms in total. The second kappa shape index (κ2) is 7.35. The monoisotopic (exact) mass is 325 g/mol. The first-order valence-corrected chi connectivity index (χ1v) is 7.67. The van der Waals surface area contributed by atoms with Crippen LogP contribution in [0, 0.1) is 0 Å². The predicted octanol–water partition coefficient (Wildman–Crippen LogP) is 2.85. The maximum Gasteiger partial charge on any atom is 0.409 e. The minimum Gasteiger partial charge on any atom is -0.450 e. The number of para-hydroxylation sites is 1. The van der Waals surface area contributed by atoms with Crippen LogP contribution in [-0.4, -0.2) is 42.8 Å². The van der Waals surface area contributed by atoms with E-state index < -0.39 is 6.03 Å². The molecule has 1 heterocycles. The molecule has 2 N–H and O–H groups in total. The van der Waals surface area contributed by atoms with Crippen molar-refractivity contribution in [2.45, 2.75) is 25.8 Å². The van der Waals surface area contributed by atoms with Crippen LogP contribution < -0.4 is 10.6 Å². The lowest BCUT2D eigenvalue weighted by atomic mass is 10.0. The molecule has 22 heavy (non-hydrogen) atoms. The fourth-order valence-electron chi connectivity index (χ4n) is 2.66. The van der Waals surface area contributed by atoms with Gasteiger partial charge in [-0.1, -0.05) is 23.7 Å². The molecule has 3 amide bonds. The second-order valence-corrected chi connectivity index (χ2v) is 5.48. The highest BCUT2D eigenvalue weighted by Gasteiger charge is 2.31. The summed E-state index contributed by atoms with van der Waals surface area (Å²) in [7, 11) is 0. The van der Waals surface area contributed by atoms with Gasteiger partial charge in [-0.2, -0.15) is 0 Å². The Labute approximate surface area is 134 Å². The van der Waals surface area contributed by atoms with E-state index in [0.29, 0.717) is 43.2 Å². The fourth-order valence-corrected chi connectivity index (χ4v) is 2.89. The van der Waals surface area contributed by atoms with Crippen LogP contribution in [-0.2, 0) is 4.74 Å². The zero-order valence-electron chi connectivity index (χ0n) is 12.5. The molecule has 120 valence electrons. The summed E-state index contributed by atoms with van der Waals surface area (Å²) in [6.45, 7) is 3.18. The number of ether oxygens (including phenoxy) is 1. The van der Waals surface area contributed by atoms with E-state index in [1.807, 2.05) is 6.07 Å². The number of hydrogen-bond acceptors (Lipinski definition) is 3. The summed E-state index contributed by atoms with van der Waals surface area (Å²) in [5, 5.41) is 0.481. The largest absolute Gasteiger partial charge is 0.450 e. The van der Waals surface area contributed by atoms with Crippen molar-refractivity contribution in [1.82, 2.24) is 4.90 Å². The molecule has 1 saturated heterocycles. The number of carbonyl (C=O) groups is 2. The molecule has 1 aromatic rings. The Bertz CT molecular complexity index is 545. The van der Waals surface area contributed by atoms with Crippen molar-refractivity contribution in [3.8, 4) is 0 Å². The van der Waals surface area contributed by atoms with Gasteiger partial charge in [0.1, 0.15) is 0 Å². The summed E-state index contributed by atoms with van der Waals surface area (Å²) in [5.74, 6) is 0. The molecule has 0 spiro atoms. The average molecular weight is 326 g/mol. The van der Waals surface area contributed by atoms with Crippen LogP contribution in [0.15, 0.2) is 24.3 Å². The van der Waals surface area contributed by atoms with Gasteiger partial charge in [-0.25, -0.2) is 9.59 Å². The van der Waals surface area contributed by atoms with Crippen molar-refractivity contribution in [2.24, 2.45) is 5.73 Å². The lowest BCUT2D eigenvalue weighted by molar-refractivity contribution is 0.0972. The number of carbonyl (C=O) groups excluding carboxylic acids is 2. The number of nitrogens with zero attached hydrogens (tertiary/aromatic N) is 2. The third-order valence-corrected chi connectivity index (χ3v) is 4.02. The summed E-state index contributed by atoms with van der Waals surface area (Å²) in [6, 6.07) is 6.48. The SMILES string of the molecule is CCOC(=O)N1CCC(N(C(N)=O)c2ccccc2Cl)CC1. The molecule has 7 heteroatoms. The van der Waals surface area contributed by atoms with E-state index >= 15 is 0 Å². The molecule has 1 aromatic carbocycles. The van der Waals surface area contributed by atoms with Crippen molar-refractivity contribution in [1.29, 1.82) is 0 Å². The van der Waals surface area contributed by atoms with Gasteiger partial charge < -0.3 is 15.4 Å². The molecular formula is C15H20ClN3O3. The molecule has 0 bridgehead atoms. The van der Waals surface area contributed by atoms with Crippen molar-refractivity contribution >= 4 is 29.4 Å². The smallest absolute Gasteiger partial charge is 0.409 e. The van der Waals surface area contributed by atoms with Gasteiger partial charge >= 0.3 is 12.1 Å². The van der Waals surface area contributed by atoms with Gasteiger partial charge in [-0.15, -0.1) is 0 Å². The Hall–Kier alpha value is -1.95. The van der Waals surface area contributed by atoms with Crippen LogP contribution in [0.1, 0.15) is 19.8 Å². The number of anilines is 1. The predicted molar refractivity (Wildman–Crippen MR) is 85.1 cm³/mol. The Morgan fingerprint density at radius 3 is 2.55 bits per heavy atom. The van der Waals surface area contributed by atoms with Crippen LogP contribution in [0.25, 0.3) is 0 Å². The summed E-state index contributed by atoms with van der Waals surface area (Å²) in [4.78, 5) is 26.7. The van der Waals surface area contributed by atoms with Gasteiger partial charge in [0, 0.05) is 19.1 Å². The highest BCUT2D eigenvalue weighted by Crippen LogP contribution is 2.30. The van der Waals surface area contributed by atoms with Gasteiger partial charge in [0.25, 0.3) is 0 Å². The summed E-state index contributed by atoms with van der Waals surface area (Å²) >= 11 is 6.17. The van der Waals surface area contributed by atoms with Crippen molar-refractivity contribution < 1.29 is 14.3 Å². The van der Waals surface area contributed by atoms with Crippen molar-refractivity contribution in [2.75, 3.05) is 24.6 Å². The fraction of sp³-hybridized carbons (Fsp3) is 0.467. The maximum atomic E-state index is 11.9. The van der Waals surface area contributed by atoms with E-state index in [1.54, 1.807) is 30.0 Å². The van der Waals surface area contributed by atoms with Crippen LogP contribution in [0.3, 0.4) is 0 Å². The number of piperidine rings is 1. The van der Waals surface area contributed by atoms with E-state index in [1.165, 1.54) is 4.90 Å². The molecule has 0 aliphatic carbocycles. The molecule has 0 atom stereocenters. The van der Waals surface area contributed by atoms with E-state index in [0.717, 1.165) is 0 Å². The van der Waals surface area contributed by atoms with Gasteiger partial charge in [0.15, 0.2) is 0 Å². The summed E-state index contributed by atoms with van der Waals surface area (Å²) in [6.07, 6.45) is 0.948. The first-order valence-electron chi connectivity index (χ1n) is 7.29. The summed E-state index contributed by atoms with van der Waals surface area (Å²) in [5.41, 5.74) is 6.14. The van der Waals surface area contributed by atoms with E-state index in [2.05, 4.69) is 0 Å². The number of benzene rings is 1. The second-order valence-electron chi connectivity index (χ2n) is 5.08. The number of amides is 3. The Morgan fingerprint density at radius 2 is 2.00 bits per heavy atom. The Balaban J connectivity index is 2.08. The van der Waals surface area contributed by atoms with Gasteiger partial charge in [-0.3, -0.25) is 4.90 Å². The quantitative estimate of drug-likeness (QED) is 0.928. The molecule has 1 aliphatic heterocycles. The van der Waals surface area contributed by atoms with E-state index in [-0.39, 0.29) is 12.1 Å². The normalized spacial score (nSPS) is 15.5. The van der Waals surface area contributed by atoms with Crippen LogP contribution in [0.2, 0.25) is 5.02 Å². The van der Waals surface area contributed by atoms with Gasteiger partial charge in [0.05, 0.1) is 17.3 Å². The lowest BCUT2D eigenvalue weighted by Crippen LogP contribution is -2.50. The number of nitrogens with two attached hydrogens (primary N) is 1. The Kier molecular flexibility index (Phi) is 5.49. The minimum absolute atomic E-state index is 0.0805. The third-order valence-electron chi connectivity index (χ3n) is 3.71. The molecule has 1 aliphatic rings. The topological polar surface area (TPSA) is 75.9 Å². The van der Waals surface area contributed by atoms with Gasteiger partial charge in [-0.05, 0) is 31.9 Å². The minimum atomic E-state index is -0.539. The number of likely N-dealkylation sites (tertiary alicyclic amines) is 1. The third kappa shape index (κ3) is 3.62. The standard InChI is InChI=1S/C15H20ClN3O3/c1-2-22-15(21)18-9-7-11(8-10-18)19(14(17)20)13-6-4-3-5-12(13)16/h3-6,11H,2,7-10H2,1H3,(H2,17,20). The lowest BCUT2D eigenvalue weighted by Gasteiger charge is -2.37. The highest BCUT2D eigenvalue weighted by molar-refractivity contribution is 6.33. The number of halogens is 1. The summed E-state index contributed by atoms with van der Waals surface area (Å²) < 4.78 is 4.99. The average Bonchev–Trinajstić information content (AvgIpc) is 2.50. The van der Waals surface area contributed by atoms with Crippen LogP contribution in [0.4, 0.5) is 15.3 Å². The van der Waals surface area contributed by atoms with Crippen LogP contribution in [0.5, 0.6) is 0 Å². The molecule has 2 rings (SSSR count). The molecular weight excluding hydrogens is 306 g/mol. The Morgan fingerprint density at radius 1 is 1.36 bits per heavy atom. The van der Waals surface area contributed by atoms with E-state index in [4.69, 9.17) is 22.1 Å². The molecule has 1 fully saturated rings. The molecule has 0 unspecified atom stereocenters. The first-order chi connectivity index (χ1) is 10.5. The molecule has 0 aromatic heterocycles. The number of rotatable bonds is 3. The molecule has 0 saturated carbocycles. The molecule has 0 radical (unpaired) electrons. The zero-order valence-corrected chi connectivity index (χ0v) is 13.3. The number of hydrogen-bond donors (Lipinski definition) is 1. The van der Waals surface area contributed by atoms with Crippen molar-refractivity contribution in [3.05, 3.63) is 29.3 Å². The van der Waals surface area contributed by atoms with Crippen molar-refractivity contribution in [3.63, 3.8) is 0 Å². The first kappa shape index (κ1) is 16.4. The van der Waals surface area contributed by atoms with Crippen LogP contribution >= 0.6 is 11.6 Å². The van der Waals surface area contributed by atoms with E-state index in [9.17, 15) is 9.59 Å². The van der Waals surface area contributed by atoms with Gasteiger partial charge in [0.2, 0.25) is 0 Å².